The van der Waals surface area contributed by atoms with Crippen LogP contribution in [0, 0.1) is 10.1 Å². The Kier molecular flexibility index (Phi) is 8.20. The Morgan fingerprint density at radius 1 is 1.08 bits per heavy atom. The average Bonchev–Trinajstić information content (AvgIpc) is 2.88. The molecule has 0 saturated carbocycles. The Labute approximate surface area is 214 Å². The molecule has 0 amide bonds. The second-order valence-corrected chi connectivity index (χ2v) is 8.73. The largest absolute Gasteiger partial charge is 0.493 e. The zero-order chi connectivity index (χ0) is 25.5. The van der Waals surface area contributed by atoms with Crippen molar-refractivity contribution in [1.29, 1.82) is 0 Å². The first-order valence-electron chi connectivity index (χ1n) is 11.5. The van der Waals surface area contributed by atoms with Gasteiger partial charge in [0.25, 0.3) is 0 Å². The molecular formula is C27H27ClN4O4. The first kappa shape index (κ1) is 25.2. The summed E-state index contributed by atoms with van der Waals surface area (Å²) < 4.78 is 11.6. The standard InChI is InChI=1S/C27H27ClN4O4/c1-31(18-19-9-4-3-5-10-19)13-8-14-36-26-16-23-20(15-25(26)35-2)27(24(17-29-23)32(33)34)30-22-12-7-6-11-21(22)28/h3-7,9-12,15-17H,8,13-14,18H2,1-2H3,(H,29,30). The van der Waals surface area contributed by atoms with E-state index in [0.717, 1.165) is 19.5 Å². The minimum absolute atomic E-state index is 0.167. The number of halogens is 1. The molecule has 0 spiro atoms. The van der Waals surface area contributed by atoms with E-state index in [2.05, 4.69) is 34.4 Å². The van der Waals surface area contributed by atoms with Gasteiger partial charge in [-0.2, -0.15) is 0 Å². The molecule has 0 atom stereocenters. The van der Waals surface area contributed by atoms with Crippen LogP contribution in [-0.4, -0.2) is 42.1 Å². The predicted octanol–water partition coefficient (Wildman–Crippen LogP) is 6.45. The number of para-hydroxylation sites is 1. The number of methoxy groups -OCH3 is 1. The smallest absolute Gasteiger partial charge is 0.311 e. The molecule has 0 aliphatic carbocycles. The van der Waals surface area contributed by atoms with E-state index in [4.69, 9.17) is 21.1 Å². The topological polar surface area (TPSA) is 89.8 Å². The lowest BCUT2D eigenvalue weighted by molar-refractivity contribution is -0.384. The van der Waals surface area contributed by atoms with Crippen molar-refractivity contribution in [2.45, 2.75) is 13.0 Å². The highest BCUT2D eigenvalue weighted by Gasteiger charge is 2.21. The molecule has 1 N–H and O–H groups in total. The first-order valence-corrected chi connectivity index (χ1v) is 11.9. The number of fused-ring (bicyclic) bond motifs is 1. The summed E-state index contributed by atoms with van der Waals surface area (Å²) in [6.07, 6.45) is 2.05. The van der Waals surface area contributed by atoms with Crippen molar-refractivity contribution < 1.29 is 14.4 Å². The van der Waals surface area contributed by atoms with Gasteiger partial charge in [-0.15, -0.1) is 0 Å². The summed E-state index contributed by atoms with van der Waals surface area (Å²) in [5.41, 5.74) is 2.46. The molecule has 4 rings (SSSR count). The number of ether oxygens (including phenoxy) is 2. The summed E-state index contributed by atoms with van der Waals surface area (Å²) in [7, 11) is 3.61. The summed E-state index contributed by atoms with van der Waals surface area (Å²) >= 11 is 6.28. The van der Waals surface area contributed by atoms with Crippen LogP contribution in [0.2, 0.25) is 5.02 Å². The highest BCUT2D eigenvalue weighted by Crippen LogP contribution is 2.40. The maximum Gasteiger partial charge on any atom is 0.311 e. The van der Waals surface area contributed by atoms with Crippen LogP contribution in [-0.2, 0) is 6.54 Å². The fourth-order valence-electron chi connectivity index (χ4n) is 3.92. The van der Waals surface area contributed by atoms with E-state index >= 15 is 0 Å². The van der Waals surface area contributed by atoms with Gasteiger partial charge in [-0.05, 0) is 37.2 Å². The van der Waals surface area contributed by atoms with E-state index < -0.39 is 4.92 Å². The van der Waals surface area contributed by atoms with Gasteiger partial charge < -0.3 is 19.7 Å². The summed E-state index contributed by atoms with van der Waals surface area (Å²) in [5, 5.41) is 15.8. The van der Waals surface area contributed by atoms with E-state index in [0.29, 0.717) is 39.7 Å². The number of pyridine rings is 1. The second kappa shape index (κ2) is 11.7. The molecule has 0 radical (unpaired) electrons. The number of hydrogen-bond acceptors (Lipinski definition) is 7. The highest BCUT2D eigenvalue weighted by atomic mass is 35.5. The number of aromatic nitrogens is 1. The minimum atomic E-state index is -0.478. The summed E-state index contributed by atoms with van der Waals surface area (Å²) in [6, 6.07) is 20.8. The van der Waals surface area contributed by atoms with E-state index in [9.17, 15) is 10.1 Å². The highest BCUT2D eigenvalue weighted by molar-refractivity contribution is 6.33. The van der Waals surface area contributed by atoms with Gasteiger partial charge in [0, 0.05) is 24.5 Å². The maximum atomic E-state index is 11.7. The quantitative estimate of drug-likeness (QED) is 0.142. The molecule has 3 aromatic carbocycles. The second-order valence-electron chi connectivity index (χ2n) is 8.33. The maximum absolute atomic E-state index is 11.7. The summed E-state index contributed by atoms with van der Waals surface area (Å²) in [4.78, 5) is 17.8. The van der Waals surface area contributed by atoms with Gasteiger partial charge in [0.15, 0.2) is 11.5 Å². The SMILES string of the molecule is COc1cc2c(Nc3ccccc3Cl)c([N+](=O)[O-])cnc2cc1OCCCN(C)Cc1ccccc1. The Hall–Kier alpha value is -3.88. The molecule has 1 heterocycles. The number of hydrogen-bond donors (Lipinski definition) is 1. The van der Waals surface area contributed by atoms with E-state index in [1.807, 2.05) is 18.2 Å². The Balaban J connectivity index is 1.52. The number of rotatable bonds is 11. The van der Waals surface area contributed by atoms with Gasteiger partial charge in [-0.25, -0.2) is 4.98 Å². The number of benzene rings is 3. The van der Waals surface area contributed by atoms with Gasteiger partial charge >= 0.3 is 5.69 Å². The van der Waals surface area contributed by atoms with Crippen molar-refractivity contribution in [3.05, 3.63) is 93.6 Å². The minimum Gasteiger partial charge on any atom is -0.493 e. The molecule has 0 aliphatic heterocycles. The summed E-state index contributed by atoms with van der Waals surface area (Å²) in [6.45, 7) is 2.21. The van der Waals surface area contributed by atoms with Gasteiger partial charge in [0.05, 0.1) is 34.9 Å². The molecule has 8 nitrogen and oxygen atoms in total. The van der Waals surface area contributed by atoms with E-state index in [1.54, 1.807) is 36.4 Å². The number of nitro groups is 1. The molecule has 4 aromatic rings. The lowest BCUT2D eigenvalue weighted by Gasteiger charge is -2.18. The molecule has 0 aliphatic rings. The average molecular weight is 507 g/mol. The molecule has 0 bridgehead atoms. The van der Waals surface area contributed by atoms with E-state index in [-0.39, 0.29) is 11.4 Å². The molecule has 36 heavy (non-hydrogen) atoms. The van der Waals surface area contributed by atoms with Crippen LogP contribution in [0.15, 0.2) is 72.9 Å². The Morgan fingerprint density at radius 2 is 1.83 bits per heavy atom. The third-order valence-electron chi connectivity index (χ3n) is 5.70. The van der Waals surface area contributed by atoms with Gasteiger partial charge in [0.1, 0.15) is 11.9 Å². The molecular weight excluding hydrogens is 480 g/mol. The zero-order valence-corrected chi connectivity index (χ0v) is 20.9. The van der Waals surface area contributed by atoms with Gasteiger partial charge in [-0.3, -0.25) is 10.1 Å². The lowest BCUT2D eigenvalue weighted by Crippen LogP contribution is -2.20. The number of anilines is 2. The fraction of sp³-hybridized carbons (Fsp3) is 0.222. The fourth-order valence-corrected chi connectivity index (χ4v) is 4.10. The van der Waals surface area contributed by atoms with Crippen LogP contribution < -0.4 is 14.8 Å². The van der Waals surface area contributed by atoms with Crippen molar-refractivity contribution in [2.75, 3.05) is 32.6 Å². The third kappa shape index (κ3) is 6.02. The van der Waals surface area contributed by atoms with E-state index in [1.165, 1.54) is 18.9 Å². The van der Waals surface area contributed by atoms with Crippen molar-refractivity contribution in [3.8, 4) is 11.5 Å². The monoisotopic (exact) mass is 506 g/mol. The Morgan fingerprint density at radius 3 is 2.56 bits per heavy atom. The molecule has 186 valence electrons. The van der Waals surface area contributed by atoms with Crippen molar-refractivity contribution in [2.24, 2.45) is 0 Å². The van der Waals surface area contributed by atoms with Crippen molar-refractivity contribution >= 4 is 39.6 Å². The van der Waals surface area contributed by atoms with Gasteiger partial charge in [-0.1, -0.05) is 54.1 Å². The third-order valence-corrected chi connectivity index (χ3v) is 6.03. The molecule has 0 saturated heterocycles. The molecule has 1 aromatic heterocycles. The predicted molar refractivity (Wildman–Crippen MR) is 143 cm³/mol. The first-order chi connectivity index (χ1) is 17.5. The van der Waals surface area contributed by atoms with Gasteiger partial charge in [0.2, 0.25) is 0 Å². The lowest BCUT2D eigenvalue weighted by atomic mass is 10.1. The molecule has 0 fully saturated rings. The van der Waals surface area contributed by atoms with Crippen LogP contribution in [0.3, 0.4) is 0 Å². The van der Waals surface area contributed by atoms with Crippen molar-refractivity contribution in [1.82, 2.24) is 9.88 Å². The van der Waals surface area contributed by atoms with Crippen LogP contribution in [0.1, 0.15) is 12.0 Å². The van der Waals surface area contributed by atoms with Crippen LogP contribution in [0.5, 0.6) is 11.5 Å². The normalized spacial score (nSPS) is 11.0. The van der Waals surface area contributed by atoms with Crippen LogP contribution in [0.25, 0.3) is 10.9 Å². The van der Waals surface area contributed by atoms with Crippen molar-refractivity contribution in [3.63, 3.8) is 0 Å². The summed E-state index contributed by atoms with van der Waals surface area (Å²) in [5.74, 6) is 0.991. The molecule has 0 unspecified atom stereocenters. The number of nitrogens with one attached hydrogen (secondary N) is 1. The molecule has 9 heteroatoms. The van der Waals surface area contributed by atoms with Crippen LogP contribution in [0.4, 0.5) is 17.1 Å². The van der Waals surface area contributed by atoms with Crippen LogP contribution >= 0.6 is 11.6 Å². The number of nitrogens with zero attached hydrogens (tertiary/aromatic N) is 3. The Bertz CT molecular complexity index is 1350. The zero-order valence-electron chi connectivity index (χ0n) is 20.1.